The lowest BCUT2D eigenvalue weighted by Gasteiger charge is -2.22. The zero-order chi connectivity index (χ0) is 15.2. The molecular weight excluding hydrogens is 271 g/mol. The van der Waals surface area contributed by atoms with Crippen molar-refractivity contribution < 1.29 is 14.3 Å². The number of aliphatic hydroxyl groups is 1. The molecule has 1 aromatic rings. The van der Waals surface area contributed by atoms with Gasteiger partial charge in [-0.05, 0) is 56.4 Å². The van der Waals surface area contributed by atoms with E-state index in [4.69, 9.17) is 5.11 Å². The molecular formula is C16H23FN2O2. The summed E-state index contributed by atoms with van der Waals surface area (Å²) in [5.41, 5.74) is 0.600. The zero-order valence-electron chi connectivity index (χ0n) is 12.3. The predicted octanol–water partition coefficient (Wildman–Crippen LogP) is 2.29. The fourth-order valence-corrected chi connectivity index (χ4v) is 2.54. The minimum Gasteiger partial charge on any atom is -0.396 e. The molecule has 5 heteroatoms. The maximum Gasteiger partial charge on any atom is 0.225 e. The first-order valence-electron chi connectivity index (χ1n) is 7.51. The molecule has 1 amide bonds. The topological polar surface area (TPSA) is 61.4 Å². The minimum absolute atomic E-state index is 0.0441. The van der Waals surface area contributed by atoms with E-state index in [0.717, 1.165) is 6.42 Å². The highest BCUT2D eigenvalue weighted by Crippen LogP contribution is 2.34. The van der Waals surface area contributed by atoms with E-state index in [0.29, 0.717) is 24.1 Å². The van der Waals surface area contributed by atoms with Gasteiger partial charge in [-0.25, -0.2) is 4.39 Å². The largest absolute Gasteiger partial charge is 0.396 e. The van der Waals surface area contributed by atoms with Gasteiger partial charge in [0.15, 0.2) is 0 Å². The second kappa shape index (κ2) is 7.52. The van der Waals surface area contributed by atoms with Crippen LogP contribution in [-0.2, 0) is 4.79 Å². The molecule has 21 heavy (non-hydrogen) atoms. The van der Waals surface area contributed by atoms with Crippen molar-refractivity contribution in [2.75, 3.05) is 11.9 Å². The first-order valence-corrected chi connectivity index (χ1v) is 7.51. The quantitative estimate of drug-likeness (QED) is 0.689. The van der Waals surface area contributed by atoms with Gasteiger partial charge in [-0.15, -0.1) is 0 Å². The Bertz CT molecular complexity index is 460. The number of amides is 1. The van der Waals surface area contributed by atoms with Crippen LogP contribution in [0.4, 0.5) is 10.1 Å². The molecule has 1 fully saturated rings. The second-order valence-corrected chi connectivity index (χ2v) is 5.78. The minimum atomic E-state index is -0.320. The summed E-state index contributed by atoms with van der Waals surface area (Å²) in [5.74, 6) is 0.222. The Morgan fingerprint density at radius 3 is 2.62 bits per heavy atom. The van der Waals surface area contributed by atoms with E-state index in [9.17, 15) is 9.18 Å². The van der Waals surface area contributed by atoms with Crippen molar-refractivity contribution in [1.82, 2.24) is 5.32 Å². The number of benzene rings is 1. The number of carbonyl (C=O) groups is 1. The number of rotatable bonds is 8. The van der Waals surface area contributed by atoms with Gasteiger partial charge in [-0.2, -0.15) is 0 Å². The Morgan fingerprint density at radius 1 is 1.38 bits per heavy atom. The number of aliphatic hydroxyl groups excluding tert-OH is 1. The maximum absolute atomic E-state index is 12.8. The van der Waals surface area contributed by atoms with E-state index in [-0.39, 0.29) is 24.4 Å². The summed E-state index contributed by atoms with van der Waals surface area (Å²) in [6.07, 6.45) is 3.49. The van der Waals surface area contributed by atoms with Gasteiger partial charge in [-0.3, -0.25) is 4.79 Å². The van der Waals surface area contributed by atoms with Crippen LogP contribution in [0.2, 0.25) is 0 Å². The average Bonchev–Trinajstić information content (AvgIpc) is 3.25. The molecule has 2 rings (SSSR count). The summed E-state index contributed by atoms with van der Waals surface area (Å²) < 4.78 is 12.8. The van der Waals surface area contributed by atoms with Crippen LogP contribution < -0.4 is 10.6 Å². The smallest absolute Gasteiger partial charge is 0.225 e. The SMILES string of the molecule is CC(CC(=O)Nc1ccc(F)cc1)NC(CCO)C1CC1. The van der Waals surface area contributed by atoms with Gasteiger partial charge in [0.25, 0.3) is 0 Å². The molecule has 0 bridgehead atoms. The summed E-state index contributed by atoms with van der Waals surface area (Å²) in [7, 11) is 0. The molecule has 1 aliphatic rings. The van der Waals surface area contributed by atoms with Gasteiger partial charge in [0.2, 0.25) is 5.91 Å². The number of nitrogens with one attached hydrogen (secondary N) is 2. The fourth-order valence-electron chi connectivity index (χ4n) is 2.54. The van der Waals surface area contributed by atoms with Gasteiger partial charge in [0, 0.05) is 30.8 Å². The van der Waals surface area contributed by atoms with Crippen molar-refractivity contribution >= 4 is 11.6 Å². The maximum atomic E-state index is 12.8. The molecule has 0 radical (unpaired) electrons. The van der Waals surface area contributed by atoms with Crippen LogP contribution in [0, 0.1) is 11.7 Å². The van der Waals surface area contributed by atoms with Crippen molar-refractivity contribution in [3.63, 3.8) is 0 Å². The molecule has 0 spiro atoms. The molecule has 2 unspecified atom stereocenters. The monoisotopic (exact) mass is 294 g/mol. The highest BCUT2D eigenvalue weighted by atomic mass is 19.1. The number of halogens is 1. The van der Waals surface area contributed by atoms with E-state index in [1.54, 1.807) is 12.1 Å². The third-order valence-corrected chi connectivity index (χ3v) is 3.75. The van der Waals surface area contributed by atoms with Crippen molar-refractivity contribution in [1.29, 1.82) is 0 Å². The third-order valence-electron chi connectivity index (χ3n) is 3.75. The first kappa shape index (κ1) is 15.9. The fraction of sp³-hybridized carbons (Fsp3) is 0.562. The summed E-state index contributed by atoms with van der Waals surface area (Å²) >= 11 is 0. The molecule has 3 N–H and O–H groups in total. The van der Waals surface area contributed by atoms with Crippen molar-refractivity contribution in [3.05, 3.63) is 30.1 Å². The van der Waals surface area contributed by atoms with Gasteiger partial charge >= 0.3 is 0 Å². The van der Waals surface area contributed by atoms with Crippen LogP contribution in [0.25, 0.3) is 0 Å². The number of carbonyl (C=O) groups excluding carboxylic acids is 1. The molecule has 116 valence electrons. The van der Waals surface area contributed by atoms with Crippen LogP contribution in [0.15, 0.2) is 24.3 Å². The Labute approximate surface area is 124 Å². The average molecular weight is 294 g/mol. The zero-order valence-corrected chi connectivity index (χ0v) is 12.3. The summed E-state index contributed by atoms with van der Waals surface area (Å²) in [6.45, 7) is 2.14. The number of hydrogen-bond acceptors (Lipinski definition) is 3. The van der Waals surface area contributed by atoms with E-state index < -0.39 is 0 Å². The summed E-state index contributed by atoms with van der Waals surface area (Å²) in [6, 6.07) is 6.07. The lowest BCUT2D eigenvalue weighted by atomic mass is 10.1. The standard InChI is InChI=1S/C16H23FN2O2/c1-11(18-15(8-9-20)12-2-3-12)10-16(21)19-14-6-4-13(17)5-7-14/h4-7,11-12,15,18,20H,2-3,8-10H2,1H3,(H,19,21). The second-order valence-electron chi connectivity index (χ2n) is 5.78. The van der Waals surface area contributed by atoms with Crippen LogP contribution in [0.5, 0.6) is 0 Å². The van der Waals surface area contributed by atoms with Crippen LogP contribution >= 0.6 is 0 Å². The van der Waals surface area contributed by atoms with Gasteiger partial charge in [-0.1, -0.05) is 0 Å². The highest BCUT2D eigenvalue weighted by molar-refractivity contribution is 5.91. The Hall–Kier alpha value is -1.46. The predicted molar refractivity (Wildman–Crippen MR) is 80.5 cm³/mol. The molecule has 0 saturated heterocycles. The van der Waals surface area contributed by atoms with E-state index in [1.807, 2.05) is 6.92 Å². The number of anilines is 1. The van der Waals surface area contributed by atoms with Gasteiger partial charge < -0.3 is 15.7 Å². The first-order chi connectivity index (χ1) is 10.1. The lowest BCUT2D eigenvalue weighted by Crippen LogP contribution is -2.40. The molecule has 0 aromatic heterocycles. The van der Waals surface area contributed by atoms with Crippen LogP contribution in [-0.4, -0.2) is 29.7 Å². The van der Waals surface area contributed by atoms with Crippen molar-refractivity contribution in [2.24, 2.45) is 5.92 Å². The van der Waals surface area contributed by atoms with E-state index >= 15 is 0 Å². The number of hydrogen-bond donors (Lipinski definition) is 3. The van der Waals surface area contributed by atoms with Crippen molar-refractivity contribution in [3.8, 4) is 0 Å². The van der Waals surface area contributed by atoms with Crippen LogP contribution in [0.3, 0.4) is 0 Å². The Morgan fingerprint density at radius 2 is 2.05 bits per heavy atom. The lowest BCUT2D eigenvalue weighted by molar-refractivity contribution is -0.116. The van der Waals surface area contributed by atoms with Gasteiger partial charge in [0.1, 0.15) is 5.82 Å². The highest BCUT2D eigenvalue weighted by Gasteiger charge is 2.31. The van der Waals surface area contributed by atoms with Gasteiger partial charge in [0.05, 0.1) is 0 Å². The third kappa shape index (κ3) is 5.44. The molecule has 1 aromatic carbocycles. The summed E-state index contributed by atoms with van der Waals surface area (Å²) in [5, 5.41) is 15.3. The normalized spacial score (nSPS) is 17.3. The van der Waals surface area contributed by atoms with E-state index in [1.165, 1.54) is 25.0 Å². The molecule has 1 saturated carbocycles. The van der Waals surface area contributed by atoms with Crippen molar-refractivity contribution in [2.45, 2.75) is 44.7 Å². The van der Waals surface area contributed by atoms with Crippen LogP contribution in [0.1, 0.15) is 32.6 Å². The van der Waals surface area contributed by atoms with E-state index in [2.05, 4.69) is 10.6 Å². The molecule has 0 heterocycles. The molecule has 1 aliphatic carbocycles. The Balaban J connectivity index is 1.77. The molecule has 4 nitrogen and oxygen atoms in total. The Kier molecular flexibility index (Phi) is 5.70. The summed E-state index contributed by atoms with van der Waals surface area (Å²) in [4.78, 5) is 11.9. The molecule has 2 atom stereocenters. The molecule has 0 aliphatic heterocycles.